The van der Waals surface area contributed by atoms with Crippen molar-refractivity contribution in [2.45, 2.75) is 32.8 Å². The first kappa shape index (κ1) is 16.5. The summed E-state index contributed by atoms with van der Waals surface area (Å²) in [4.78, 5) is 8.56. The third-order valence-electron chi connectivity index (χ3n) is 3.09. The van der Waals surface area contributed by atoms with E-state index in [1.807, 2.05) is 6.07 Å². The fourth-order valence-electron chi connectivity index (χ4n) is 1.96. The Hall–Kier alpha value is -1.56. The average Bonchev–Trinajstić information content (AvgIpc) is 2.89. The maximum absolute atomic E-state index is 12.0. The summed E-state index contributed by atoms with van der Waals surface area (Å²) in [6.45, 7) is 1.52. The second-order valence-corrected chi connectivity index (χ2v) is 5.50. The Morgan fingerprint density at radius 2 is 1.95 bits per heavy atom. The van der Waals surface area contributed by atoms with E-state index in [-0.39, 0.29) is 10.8 Å². The zero-order valence-corrected chi connectivity index (χ0v) is 11.7. The topological polar surface area (TPSA) is 66.8 Å². The van der Waals surface area contributed by atoms with Gasteiger partial charge in [0.15, 0.2) is 0 Å². The molecule has 1 aromatic carbocycles. The van der Waals surface area contributed by atoms with Crippen LogP contribution in [0.2, 0.25) is 5.02 Å². The highest BCUT2D eigenvalue weighted by atomic mass is 35.5. The number of carbonyl (C=O) groups is 1. The predicted molar refractivity (Wildman–Crippen MR) is 69.9 cm³/mol. The maximum Gasteiger partial charge on any atom is 0.503 e. The molecule has 0 saturated heterocycles. The van der Waals surface area contributed by atoms with Gasteiger partial charge in [-0.2, -0.15) is 8.78 Å². The van der Waals surface area contributed by atoms with E-state index in [2.05, 4.69) is 18.6 Å². The molecule has 0 amide bonds. The van der Waals surface area contributed by atoms with E-state index in [0.29, 0.717) is 11.3 Å². The van der Waals surface area contributed by atoms with Crippen molar-refractivity contribution in [2.24, 2.45) is 5.41 Å². The van der Waals surface area contributed by atoms with Crippen LogP contribution < -0.4 is 4.74 Å². The van der Waals surface area contributed by atoms with Crippen LogP contribution in [-0.2, 0) is 0 Å². The van der Waals surface area contributed by atoms with Crippen molar-refractivity contribution in [3.63, 3.8) is 0 Å². The van der Waals surface area contributed by atoms with Crippen LogP contribution in [0.3, 0.4) is 0 Å². The molecule has 0 radical (unpaired) electrons. The van der Waals surface area contributed by atoms with Crippen LogP contribution in [0.15, 0.2) is 18.2 Å². The maximum atomic E-state index is 12.0. The lowest BCUT2D eigenvalue weighted by Crippen LogP contribution is -2.02. The molecule has 0 aliphatic heterocycles. The van der Waals surface area contributed by atoms with Crippen LogP contribution in [0.1, 0.15) is 31.7 Å². The number of alkyl halides is 2. The minimum atomic E-state index is -2.83. The van der Waals surface area contributed by atoms with Crippen LogP contribution in [0.25, 0.3) is 0 Å². The molecule has 1 saturated carbocycles. The SMILES string of the molecule is CC1(C)CC1c1ccc(OC(F)F)c(Cl)c1.O=C(O)O. The van der Waals surface area contributed by atoms with Gasteiger partial charge in [-0.1, -0.05) is 31.5 Å². The molecule has 0 spiro atoms. The van der Waals surface area contributed by atoms with E-state index < -0.39 is 12.8 Å². The van der Waals surface area contributed by atoms with Gasteiger partial charge < -0.3 is 14.9 Å². The second-order valence-electron chi connectivity index (χ2n) is 5.10. The van der Waals surface area contributed by atoms with E-state index in [4.69, 9.17) is 26.6 Å². The normalized spacial score (nSPS) is 19.0. The summed E-state index contributed by atoms with van der Waals surface area (Å²) in [6.07, 6.45) is -0.724. The molecule has 0 aromatic heterocycles. The number of ether oxygens (including phenoxy) is 1. The Balaban J connectivity index is 0.000000444. The Bertz CT molecular complexity index is 487. The minimum Gasteiger partial charge on any atom is -0.450 e. The molecule has 2 rings (SSSR count). The van der Waals surface area contributed by atoms with Gasteiger partial charge in [-0.05, 0) is 35.4 Å². The first-order chi connectivity index (χ1) is 9.13. The largest absolute Gasteiger partial charge is 0.503 e. The van der Waals surface area contributed by atoms with Crippen molar-refractivity contribution >= 4 is 17.8 Å². The van der Waals surface area contributed by atoms with Gasteiger partial charge in [-0.15, -0.1) is 0 Å². The number of hydrogen-bond donors (Lipinski definition) is 2. The number of rotatable bonds is 3. The van der Waals surface area contributed by atoms with E-state index in [9.17, 15) is 8.78 Å². The highest BCUT2D eigenvalue weighted by Gasteiger charge is 2.46. The lowest BCUT2D eigenvalue weighted by atomic mass is 10.0. The summed E-state index contributed by atoms with van der Waals surface area (Å²) >= 11 is 5.88. The fraction of sp³-hybridized carbons (Fsp3) is 0.462. The molecule has 20 heavy (non-hydrogen) atoms. The first-order valence-corrected chi connectivity index (χ1v) is 6.17. The second kappa shape index (κ2) is 6.26. The van der Waals surface area contributed by atoms with Gasteiger partial charge in [0.25, 0.3) is 0 Å². The Morgan fingerprint density at radius 3 is 2.30 bits per heavy atom. The average molecular weight is 309 g/mol. The summed E-state index contributed by atoms with van der Waals surface area (Å²) in [5.41, 5.74) is 1.39. The monoisotopic (exact) mass is 308 g/mol. The molecule has 4 nitrogen and oxygen atoms in total. The number of carboxylic acid groups (broad SMARTS) is 2. The highest BCUT2D eigenvalue weighted by Crippen LogP contribution is 2.59. The summed E-state index contributed by atoms with van der Waals surface area (Å²) in [5, 5.41) is 14.2. The third kappa shape index (κ3) is 4.85. The van der Waals surface area contributed by atoms with E-state index in [0.717, 1.165) is 12.0 Å². The van der Waals surface area contributed by atoms with Gasteiger partial charge in [-0.25, -0.2) is 4.79 Å². The van der Waals surface area contributed by atoms with E-state index in [1.54, 1.807) is 6.07 Å². The molecule has 0 heterocycles. The quantitative estimate of drug-likeness (QED) is 0.851. The third-order valence-corrected chi connectivity index (χ3v) is 3.38. The van der Waals surface area contributed by atoms with Crippen LogP contribution >= 0.6 is 11.6 Å². The van der Waals surface area contributed by atoms with Gasteiger partial charge in [-0.3, -0.25) is 0 Å². The number of halogens is 3. The zero-order chi connectivity index (χ0) is 15.5. The predicted octanol–water partition coefficient (Wildman–Crippen LogP) is 4.68. The molecule has 1 fully saturated rings. The minimum absolute atomic E-state index is 0.0406. The van der Waals surface area contributed by atoms with Crippen molar-refractivity contribution in [1.29, 1.82) is 0 Å². The van der Waals surface area contributed by atoms with E-state index in [1.165, 1.54) is 6.07 Å². The molecule has 1 atom stereocenters. The van der Waals surface area contributed by atoms with Crippen molar-refractivity contribution in [3.8, 4) is 5.75 Å². The summed E-state index contributed by atoms with van der Waals surface area (Å²) in [7, 11) is 0. The molecule has 7 heteroatoms. The first-order valence-electron chi connectivity index (χ1n) is 5.79. The molecular weight excluding hydrogens is 294 g/mol. The molecule has 2 N–H and O–H groups in total. The fourth-order valence-corrected chi connectivity index (χ4v) is 2.20. The Labute approximate surface area is 119 Å². The molecular formula is C13H15ClF2O4. The Morgan fingerprint density at radius 1 is 1.45 bits per heavy atom. The van der Waals surface area contributed by atoms with Crippen LogP contribution in [-0.4, -0.2) is 23.0 Å². The van der Waals surface area contributed by atoms with Gasteiger partial charge >= 0.3 is 12.8 Å². The van der Waals surface area contributed by atoms with Gasteiger partial charge in [0.05, 0.1) is 5.02 Å². The summed E-state index contributed by atoms with van der Waals surface area (Å²) in [5.74, 6) is 0.518. The van der Waals surface area contributed by atoms with Crippen LogP contribution in [0.5, 0.6) is 5.75 Å². The molecule has 1 unspecified atom stereocenters. The molecule has 112 valence electrons. The summed E-state index contributed by atoms with van der Waals surface area (Å²) < 4.78 is 28.3. The molecule has 0 bridgehead atoms. The molecule has 1 aromatic rings. The number of benzene rings is 1. The standard InChI is InChI=1S/C12H13ClF2O.CH2O3/c1-12(2)6-8(12)7-3-4-10(9(13)5-7)16-11(14)15;2-1(3)4/h3-5,8,11H,6H2,1-2H3;(H2,2,3,4). The van der Waals surface area contributed by atoms with Crippen molar-refractivity contribution < 1.29 is 28.5 Å². The summed E-state index contributed by atoms with van der Waals surface area (Å²) in [6, 6.07) is 5.04. The van der Waals surface area contributed by atoms with Crippen molar-refractivity contribution in [2.75, 3.05) is 0 Å². The van der Waals surface area contributed by atoms with Crippen molar-refractivity contribution in [3.05, 3.63) is 28.8 Å². The number of hydrogen-bond acceptors (Lipinski definition) is 2. The molecule has 1 aliphatic rings. The highest BCUT2D eigenvalue weighted by molar-refractivity contribution is 6.32. The van der Waals surface area contributed by atoms with E-state index >= 15 is 0 Å². The molecule has 1 aliphatic carbocycles. The van der Waals surface area contributed by atoms with Gasteiger partial charge in [0.1, 0.15) is 5.75 Å². The zero-order valence-electron chi connectivity index (χ0n) is 10.9. The van der Waals surface area contributed by atoms with Crippen LogP contribution in [0.4, 0.5) is 13.6 Å². The van der Waals surface area contributed by atoms with Crippen LogP contribution in [0, 0.1) is 5.41 Å². The smallest absolute Gasteiger partial charge is 0.450 e. The van der Waals surface area contributed by atoms with Gasteiger partial charge in [0, 0.05) is 0 Å². The van der Waals surface area contributed by atoms with Gasteiger partial charge in [0.2, 0.25) is 0 Å². The van der Waals surface area contributed by atoms with Crippen molar-refractivity contribution in [1.82, 2.24) is 0 Å². The Kier molecular flexibility index (Phi) is 5.16. The lowest BCUT2D eigenvalue weighted by Gasteiger charge is -2.09. The lowest BCUT2D eigenvalue weighted by molar-refractivity contribution is -0.0498.